The van der Waals surface area contributed by atoms with Crippen molar-refractivity contribution in [3.63, 3.8) is 0 Å². The van der Waals surface area contributed by atoms with Crippen molar-refractivity contribution >= 4 is 21.6 Å². The smallest absolute Gasteiger partial charge is 0.365 e. The van der Waals surface area contributed by atoms with Crippen LogP contribution in [0.4, 0.5) is 27.6 Å². The molecule has 0 amide bonds. The molecule has 18 heavy (non-hydrogen) atoms. The topological polar surface area (TPSA) is 3.24 Å². The van der Waals surface area contributed by atoms with Gasteiger partial charge in [-0.2, -0.15) is 13.2 Å². The van der Waals surface area contributed by atoms with Crippen LogP contribution in [0, 0.1) is 0 Å². The van der Waals surface area contributed by atoms with E-state index < -0.39 is 30.6 Å². The summed E-state index contributed by atoms with van der Waals surface area (Å²) in [6, 6.07) is 3.88. The number of nitrogens with zero attached hydrogens (tertiary/aromatic N) is 1. The predicted molar refractivity (Wildman–Crippen MR) is 60.9 cm³/mol. The van der Waals surface area contributed by atoms with Crippen molar-refractivity contribution in [3.8, 4) is 0 Å². The van der Waals surface area contributed by atoms with E-state index in [1.807, 2.05) is 0 Å². The van der Waals surface area contributed by atoms with E-state index in [2.05, 4.69) is 15.9 Å². The van der Waals surface area contributed by atoms with Gasteiger partial charge in [-0.15, -0.1) is 0 Å². The van der Waals surface area contributed by atoms with Gasteiger partial charge in [0.1, 0.15) is 0 Å². The minimum absolute atomic E-state index is 0.0769. The highest BCUT2D eigenvalue weighted by atomic mass is 79.9. The summed E-state index contributed by atoms with van der Waals surface area (Å²) in [4.78, 5) is 1.08. The van der Waals surface area contributed by atoms with Crippen LogP contribution in [0.2, 0.25) is 0 Å². The molecule has 0 spiro atoms. The van der Waals surface area contributed by atoms with E-state index in [9.17, 15) is 22.0 Å². The molecule has 1 fully saturated rings. The van der Waals surface area contributed by atoms with Crippen molar-refractivity contribution in [1.29, 1.82) is 0 Å². The maximum Gasteiger partial charge on any atom is 0.419 e. The summed E-state index contributed by atoms with van der Waals surface area (Å²) in [6.45, 7) is -0.751. The first-order chi connectivity index (χ1) is 8.21. The Morgan fingerprint density at radius 2 is 1.89 bits per heavy atom. The van der Waals surface area contributed by atoms with Crippen molar-refractivity contribution in [2.45, 2.75) is 18.5 Å². The van der Waals surface area contributed by atoms with Gasteiger partial charge in [-0.25, -0.2) is 8.78 Å². The predicted octanol–water partition coefficient (Wildman–Crippen LogP) is 4.31. The Labute approximate surface area is 109 Å². The number of anilines is 1. The first kappa shape index (κ1) is 13.6. The molecular formula is C11H9BrF5N. The molecule has 0 unspecified atom stereocenters. The highest BCUT2D eigenvalue weighted by molar-refractivity contribution is 9.10. The van der Waals surface area contributed by atoms with E-state index in [4.69, 9.17) is 0 Å². The van der Waals surface area contributed by atoms with Gasteiger partial charge in [0, 0.05) is 17.4 Å². The van der Waals surface area contributed by atoms with Gasteiger partial charge in [-0.3, -0.25) is 0 Å². The molecule has 0 saturated carbocycles. The third kappa shape index (κ3) is 2.60. The van der Waals surface area contributed by atoms with Gasteiger partial charge in [0.05, 0.1) is 17.8 Å². The molecule has 7 heteroatoms. The lowest BCUT2D eigenvalue weighted by atomic mass is 10.1. The molecule has 1 aromatic carbocycles. The van der Waals surface area contributed by atoms with Crippen LogP contribution in [0.1, 0.15) is 12.0 Å². The fraction of sp³-hybridized carbons (Fsp3) is 0.455. The van der Waals surface area contributed by atoms with E-state index in [0.29, 0.717) is 0 Å². The van der Waals surface area contributed by atoms with Gasteiger partial charge >= 0.3 is 6.18 Å². The van der Waals surface area contributed by atoms with E-state index in [1.54, 1.807) is 0 Å². The molecule has 0 radical (unpaired) electrons. The molecule has 0 bridgehead atoms. The van der Waals surface area contributed by atoms with Crippen molar-refractivity contribution in [2.75, 3.05) is 18.0 Å². The average molecular weight is 330 g/mol. The lowest BCUT2D eigenvalue weighted by molar-refractivity contribution is -0.137. The van der Waals surface area contributed by atoms with Crippen LogP contribution in [-0.2, 0) is 6.18 Å². The molecule has 0 aliphatic carbocycles. The van der Waals surface area contributed by atoms with Crippen LogP contribution in [0.3, 0.4) is 0 Å². The molecule has 0 N–H and O–H groups in total. The second-order valence-corrected chi connectivity index (χ2v) is 5.01. The number of hydrogen-bond donors (Lipinski definition) is 0. The lowest BCUT2D eigenvalue weighted by Crippen LogP contribution is -2.27. The maximum atomic E-state index is 13.1. The highest BCUT2D eigenvalue weighted by Gasteiger charge is 2.43. The summed E-state index contributed by atoms with van der Waals surface area (Å²) in [7, 11) is 0. The van der Waals surface area contributed by atoms with E-state index in [-0.39, 0.29) is 16.7 Å². The van der Waals surface area contributed by atoms with E-state index in [0.717, 1.165) is 4.90 Å². The summed E-state index contributed by atoms with van der Waals surface area (Å²) in [6.07, 6.45) is -5.00. The molecule has 2 rings (SSSR count). The number of benzene rings is 1. The third-order valence-corrected chi connectivity index (χ3v) is 3.45. The maximum absolute atomic E-state index is 13.1. The number of rotatable bonds is 1. The first-order valence-corrected chi connectivity index (χ1v) is 5.98. The van der Waals surface area contributed by atoms with Gasteiger partial charge in [-0.05, 0) is 12.1 Å². The highest BCUT2D eigenvalue weighted by Crippen LogP contribution is 2.43. The molecular weight excluding hydrogens is 321 g/mol. The molecule has 1 aliphatic rings. The van der Waals surface area contributed by atoms with Crippen LogP contribution < -0.4 is 4.90 Å². The Bertz CT molecular complexity index is 457. The Hall–Kier alpha value is -0.850. The van der Waals surface area contributed by atoms with Crippen LogP contribution in [-0.4, -0.2) is 19.0 Å². The molecule has 100 valence electrons. The van der Waals surface area contributed by atoms with Crippen LogP contribution in [0.15, 0.2) is 22.7 Å². The first-order valence-electron chi connectivity index (χ1n) is 5.19. The summed E-state index contributed by atoms with van der Waals surface area (Å²) >= 11 is 2.82. The number of alkyl halides is 5. The fourth-order valence-electron chi connectivity index (χ4n) is 2.00. The Morgan fingerprint density at radius 1 is 1.22 bits per heavy atom. The molecule has 1 aliphatic heterocycles. The zero-order valence-corrected chi connectivity index (χ0v) is 10.7. The number of halogens is 6. The zero-order valence-electron chi connectivity index (χ0n) is 9.07. The van der Waals surface area contributed by atoms with Crippen molar-refractivity contribution < 1.29 is 22.0 Å². The van der Waals surface area contributed by atoms with Gasteiger partial charge in [0.25, 0.3) is 5.92 Å². The van der Waals surface area contributed by atoms with Crippen molar-refractivity contribution in [2.24, 2.45) is 0 Å². The van der Waals surface area contributed by atoms with E-state index in [1.165, 1.54) is 18.2 Å². The van der Waals surface area contributed by atoms with Gasteiger partial charge in [0.15, 0.2) is 0 Å². The number of hydrogen-bond acceptors (Lipinski definition) is 1. The molecule has 1 saturated heterocycles. The Morgan fingerprint density at radius 3 is 2.39 bits per heavy atom. The third-order valence-electron chi connectivity index (χ3n) is 2.79. The largest absolute Gasteiger partial charge is 0.419 e. The minimum atomic E-state index is -4.58. The summed E-state index contributed by atoms with van der Waals surface area (Å²) in [5, 5.41) is 0. The normalized spacial score (nSPS) is 19.3. The van der Waals surface area contributed by atoms with Crippen LogP contribution in [0.25, 0.3) is 0 Å². The van der Waals surface area contributed by atoms with Crippen LogP contribution in [0.5, 0.6) is 0 Å². The summed E-state index contributed by atoms with van der Waals surface area (Å²) in [5.74, 6) is -2.93. The van der Waals surface area contributed by atoms with Gasteiger partial charge in [0.2, 0.25) is 0 Å². The second kappa shape index (κ2) is 4.36. The van der Waals surface area contributed by atoms with Crippen molar-refractivity contribution in [1.82, 2.24) is 0 Å². The van der Waals surface area contributed by atoms with Crippen LogP contribution >= 0.6 is 15.9 Å². The SMILES string of the molecule is FC1(F)CCN(c2cccc(Br)c2C(F)(F)F)C1. The zero-order chi connectivity index (χ0) is 13.6. The quantitative estimate of drug-likeness (QED) is 0.694. The average Bonchev–Trinajstić information content (AvgIpc) is 2.56. The Kier molecular flexibility index (Phi) is 3.29. The molecule has 1 nitrogen and oxygen atoms in total. The Balaban J connectivity index is 2.43. The fourth-order valence-corrected chi connectivity index (χ4v) is 2.58. The standard InChI is InChI=1S/C11H9BrF5N/c12-7-2-1-3-8(9(7)11(15,16)17)18-5-4-10(13,14)6-18/h1-3H,4-6H2. The lowest BCUT2D eigenvalue weighted by Gasteiger charge is -2.23. The minimum Gasteiger partial charge on any atom is -0.365 e. The molecule has 1 heterocycles. The summed E-state index contributed by atoms with van der Waals surface area (Å²) in [5.41, 5.74) is -1.10. The molecule has 0 atom stereocenters. The molecule has 0 aromatic heterocycles. The van der Waals surface area contributed by atoms with E-state index >= 15 is 0 Å². The van der Waals surface area contributed by atoms with Gasteiger partial charge < -0.3 is 4.90 Å². The molecule has 1 aromatic rings. The van der Waals surface area contributed by atoms with Gasteiger partial charge in [-0.1, -0.05) is 22.0 Å². The monoisotopic (exact) mass is 329 g/mol. The second-order valence-electron chi connectivity index (χ2n) is 4.16. The van der Waals surface area contributed by atoms with Crippen molar-refractivity contribution in [3.05, 3.63) is 28.2 Å². The summed E-state index contributed by atoms with van der Waals surface area (Å²) < 4.78 is 64.7.